The van der Waals surface area contributed by atoms with E-state index in [2.05, 4.69) is 4.98 Å². The summed E-state index contributed by atoms with van der Waals surface area (Å²) in [6.07, 6.45) is 4.80. The second-order valence-electron chi connectivity index (χ2n) is 4.16. The molecule has 0 aromatic carbocycles. The third kappa shape index (κ3) is 1.54. The van der Waals surface area contributed by atoms with Crippen molar-refractivity contribution in [2.75, 3.05) is 11.4 Å². The average molecular weight is 232 g/mol. The van der Waals surface area contributed by atoms with Crippen LogP contribution in [0.15, 0.2) is 29.0 Å². The fourth-order valence-electron chi connectivity index (χ4n) is 2.39. The molecule has 0 saturated carbocycles. The largest absolute Gasteiger partial charge is 0.480 e. The Morgan fingerprint density at radius 1 is 1.53 bits per heavy atom. The Balaban J connectivity index is 2.08. The summed E-state index contributed by atoms with van der Waals surface area (Å²) in [5.41, 5.74) is 0.742. The van der Waals surface area contributed by atoms with Crippen molar-refractivity contribution in [1.82, 2.24) is 4.98 Å². The molecule has 1 fully saturated rings. The first-order chi connectivity index (χ1) is 8.27. The summed E-state index contributed by atoms with van der Waals surface area (Å²) < 4.78 is 5.30. The number of hydrogen-bond donors (Lipinski definition) is 1. The topological polar surface area (TPSA) is 66.6 Å². The molecular formula is C12H12N2O3. The van der Waals surface area contributed by atoms with Crippen LogP contribution in [0.4, 0.5) is 5.82 Å². The number of carboxylic acids is 1. The van der Waals surface area contributed by atoms with Crippen LogP contribution in [0.25, 0.3) is 11.0 Å². The molecule has 1 aliphatic heterocycles. The molecule has 1 atom stereocenters. The number of pyridine rings is 1. The van der Waals surface area contributed by atoms with Crippen LogP contribution >= 0.6 is 0 Å². The van der Waals surface area contributed by atoms with Crippen LogP contribution in [0.1, 0.15) is 12.8 Å². The third-order valence-electron chi connectivity index (χ3n) is 3.17. The Labute approximate surface area is 97.7 Å². The van der Waals surface area contributed by atoms with Gasteiger partial charge < -0.3 is 14.4 Å². The van der Waals surface area contributed by atoms with E-state index in [0.717, 1.165) is 23.9 Å². The molecule has 88 valence electrons. The molecule has 0 radical (unpaired) electrons. The number of carboxylic acid groups (broad SMARTS) is 1. The zero-order valence-corrected chi connectivity index (χ0v) is 9.17. The predicted octanol–water partition coefficient (Wildman–Crippen LogP) is 1.88. The van der Waals surface area contributed by atoms with Crippen LogP contribution < -0.4 is 4.90 Å². The molecule has 2 aromatic rings. The fraction of sp³-hybridized carbons (Fsp3) is 0.333. The maximum absolute atomic E-state index is 11.2. The molecule has 1 saturated heterocycles. The molecular weight excluding hydrogens is 220 g/mol. The molecule has 2 aromatic heterocycles. The predicted molar refractivity (Wildman–Crippen MR) is 62.0 cm³/mol. The summed E-state index contributed by atoms with van der Waals surface area (Å²) in [6, 6.07) is 3.14. The molecule has 5 heteroatoms. The second kappa shape index (κ2) is 3.76. The van der Waals surface area contributed by atoms with E-state index >= 15 is 0 Å². The van der Waals surface area contributed by atoms with E-state index in [0.29, 0.717) is 12.2 Å². The number of aliphatic carboxylic acids is 1. The van der Waals surface area contributed by atoms with Crippen molar-refractivity contribution in [3.63, 3.8) is 0 Å². The van der Waals surface area contributed by atoms with Crippen molar-refractivity contribution < 1.29 is 14.3 Å². The summed E-state index contributed by atoms with van der Waals surface area (Å²) >= 11 is 0. The van der Waals surface area contributed by atoms with E-state index in [4.69, 9.17) is 4.42 Å². The van der Waals surface area contributed by atoms with E-state index in [1.54, 1.807) is 18.5 Å². The Kier molecular flexibility index (Phi) is 2.24. The van der Waals surface area contributed by atoms with Gasteiger partial charge in [-0.3, -0.25) is 0 Å². The monoisotopic (exact) mass is 232 g/mol. The quantitative estimate of drug-likeness (QED) is 0.856. The van der Waals surface area contributed by atoms with Crippen LogP contribution in [0.2, 0.25) is 0 Å². The number of carbonyl (C=O) groups is 1. The number of aromatic nitrogens is 1. The smallest absolute Gasteiger partial charge is 0.326 e. The lowest BCUT2D eigenvalue weighted by atomic mass is 10.2. The summed E-state index contributed by atoms with van der Waals surface area (Å²) in [4.78, 5) is 17.3. The molecule has 0 aliphatic carbocycles. The van der Waals surface area contributed by atoms with Crippen molar-refractivity contribution in [1.29, 1.82) is 0 Å². The van der Waals surface area contributed by atoms with Crippen molar-refractivity contribution in [2.24, 2.45) is 0 Å². The maximum Gasteiger partial charge on any atom is 0.326 e. The molecule has 0 bridgehead atoms. The lowest BCUT2D eigenvalue weighted by Crippen LogP contribution is -2.36. The Bertz CT molecular complexity index is 564. The first kappa shape index (κ1) is 10.1. The van der Waals surface area contributed by atoms with Gasteiger partial charge >= 0.3 is 5.97 Å². The minimum atomic E-state index is -0.787. The maximum atomic E-state index is 11.2. The van der Waals surface area contributed by atoms with Crippen LogP contribution in [0.3, 0.4) is 0 Å². The van der Waals surface area contributed by atoms with Gasteiger partial charge in [-0.2, -0.15) is 0 Å². The Morgan fingerprint density at radius 3 is 3.24 bits per heavy atom. The zero-order chi connectivity index (χ0) is 11.8. The van der Waals surface area contributed by atoms with Gasteiger partial charge in [0.15, 0.2) is 0 Å². The van der Waals surface area contributed by atoms with Gasteiger partial charge in [-0.1, -0.05) is 0 Å². The molecule has 0 amide bonds. The SMILES string of the molecule is O=C(O)[C@H]1CCCN1c1nccc2occc12. The van der Waals surface area contributed by atoms with Gasteiger partial charge in [-0.05, 0) is 25.0 Å². The van der Waals surface area contributed by atoms with Crippen molar-refractivity contribution >= 4 is 22.8 Å². The number of fused-ring (bicyclic) bond motifs is 1. The summed E-state index contributed by atoms with van der Waals surface area (Å²) in [5.74, 6) is -0.0778. The summed E-state index contributed by atoms with van der Waals surface area (Å²) in [7, 11) is 0. The second-order valence-corrected chi connectivity index (χ2v) is 4.16. The molecule has 0 spiro atoms. The van der Waals surface area contributed by atoms with Crippen molar-refractivity contribution in [3.05, 3.63) is 24.6 Å². The average Bonchev–Trinajstić information content (AvgIpc) is 2.97. The number of hydrogen-bond acceptors (Lipinski definition) is 4. The number of furan rings is 1. The zero-order valence-electron chi connectivity index (χ0n) is 9.17. The molecule has 0 unspecified atom stereocenters. The number of nitrogens with zero attached hydrogens (tertiary/aromatic N) is 2. The van der Waals surface area contributed by atoms with Gasteiger partial charge in [-0.25, -0.2) is 9.78 Å². The highest BCUT2D eigenvalue weighted by Crippen LogP contribution is 2.30. The van der Waals surface area contributed by atoms with Crippen molar-refractivity contribution in [3.8, 4) is 0 Å². The van der Waals surface area contributed by atoms with E-state index in [1.165, 1.54) is 0 Å². The van der Waals surface area contributed by atoms with E-state index in [1.807, 2.05) is 11.0 Å². The van der Waals surface area contributed by atoms with Gasteiger partial charge in [-0.15, -0.1) is 0 Å². The highest BCUT2D eigenvalue weighted by Gasteiger charge is 2.32. The van der Waals surface area contributed by atoms with Gasteiger partial charge in [0.2, 0.25) is 0 Å². The standard InChI is InChI=1S/C12H12N2O3/c15-12(16)9-2-1-6-14(9)11-8-4-7-17-10(8)3-5-13-11/h3-5,7,9H,1-2,6H2,(H,15,16)/t9-/m1/s1. The summed E-state index contributed by atoms with van der Waals surface area (Å²) in [6.45, 7) is 0.730. The van der Waals surface area contributed by atoms with E-state index in [-0.39, 0.29) is 0 Å². The minimum absolute atomic E-state index is 0.469. The minimum Gasteiger partial charge on any atom is -0.480 e. The van der Waals surface area contributed by atoms with Crippen LogP contribution in [-0.4, -0.2) is 28.6 Å². The van der Waals surface area contributed by atoms with Crippen LogP contribution in [0, 0.1) is 0 Å². The third-order valence-corrected chi connectivity index (χ3v) is 3.17. The van der Waals surface area contributed by atoms with Crippen LogP contribution in [0.5, 0.6) is 0 Å². The van der Waals surface area contributed by atoms with E-state index in [9.17, 15) is 9.90 Å². The van der Waals surface area contributed by atoms with E-state index < -0.39 is 12.0 Å². The first-order valence-electron chi connectivity index (χ1n) is 5.59. The lowest BCUT2D eigenvalue weighted by molar-refractivity contribution is -0.138. The molecule has 3 heterocycles. The molecule has 17 heavy (non-hydrogen) atoms. The van der Waals surface area contributed by atoms with Crippen molar-refractivity contribution in [2.45, 2.75) is 18.9 Å². The lowest BCUT2D eigenvalue weighted by Gasteiger charge is -2.22. The van der Waals surface area contributed by atoms with Gasteiger partial charge in [0.25, 0.3) is 0 Å². The molecule has 1 N–H and O–H groups in total. The van der Waals surface area contributed by atoms with Crippen LogP contribution in [-0.2, 0) is 4.79 Å². The Morgan fingerprint density at radius 2 is 2.41 bits per heavy atom. The fourth-order valence-corrected chi connectivity index (χ4v) is 2.39. The Hall–Kier alpha value is -2.04. The molecule has 5 nitrogen and oxygen atoms in total. The number of rotatable bonds is 2. The normalized spacial score (nSPS) is 20.0. The van der Waals surface area contributed by atoms with Gasteiger partial charge in [0.05, 0.1) is 11.6 Å². The number of anilines is 1. The highest BCUT2D eigenvalue weighted by atomic mass is 16.4. The summed E-state index contributed by atoms with van der Waals surface area (Å²) in [5, 5.41) is 10.1. The first-order valence-corrected chi connectivity index (χ1v) is 5.59. The van der Waals surface area contributed by atoms with Gasteiger partial charge in [0.1, 0.15) is 17.4 Å². The molecule has 3 rings (SSSR count). The molecule has 1 aliphatic rings. The van der Waals surface area contributed by atoms with Gasteiger partial charge in [0, 0.05) is 12.7 Å². The highest BCUT2D eigenvalue weighted by molar-refractivity contribution is 5.91.